The van der Waals surface area contributed by atoms with Gasteiger partial charge in [0.25, 0.3) is 15.9 Å². The molecule has 0 bridgehead atoms. The number of hydrogen-bond donors (Lipinski definition) is 2. The average Bonchev–Trinajstić information content (AvgIpc) is 2.85. The molecule has 12 heteroatoms. The molecule has 4 aromatic rings. The molecular formula is C26H24ClN5O5S. The van der Waals surface area contributed by atoms with Gasteiger partial charge in [0.15, 0.2) is 5.03 Å². The largest absolute Gasteiger partial charge is 0.481 e. The second kappa shape index (κ2) is 10.6. The lowest BCUT2D eigenvalue weighted by Gasteiger charge is -2.16. The van der Waals surface area contributed by atoms with E-state index in [4.69, 9.17) is 26.8 Å². The van der Waals surface area contributed by atoms with E-state index in [2.05, 4.69) is 15.0 Å². The van der Waals surface area contributed by atoms with E-state index in [0.717, 1.165) is 16.7 Å². The van der Waals surface area contributed by atoms with Crippen LogP contribution in [0.4, 0.5) is 5.82 Å². The van der Waals surface area contributed by atoms with Crippen LogP contribution >= 0.6 is 11.6 Å². The van der Waals surface area contributed by atoms with E-state index in [-0.39, 0.29) is 23.1 Å². The number of halogens is 1. The number of rotatable bonds is 7. The van der Waals surface area contributed by atoms with Crippen LogP contribution in [0, 0.1) is 20.8 Å². The second-order valence-electron chi connectivity index (χ2n) is 8.42. The Kier molecular flexibility index (Phi) is 7.51. The van der Waals surface area contributed by atoms with E-state index < -0.39 is 21.0 Å². The van der Waals surface area contributed by atoms with Crippen LogP contribution in [-0.4, -0.2) is 36.4 Å². The fourth-order valence-electron chi connectivity index (χ4n) is 3.85. The molecule has 0 saturated heterocycles. The molecule has 10 nitrogen and oxygen atoms in total. The first-order valence-electron chi connectivity index (χ1n) is 11.2. The van der Waals surface area contributed by atoms with Crippen molar-refractivity contribution in [2.75, 3.05) is 12.8 Å². The Morgan fingerprint density at radius 3 is 2.37 bits per heavy atom. The van der Waals surface area contributed by atoms with Crippen molar-refractivity contribution >= 4 is 33.3 Å². The number of aryl methyl sites for hydroxylation is 3. The van der Waals surface area contributed by atoms with Crippen molar-refractivity contribution in [3.05, 3.63) is 82.0 Å². The number of nitrogens with one attached hydrogen (secondary N) is 1. The maximum atomic E-state index is 13.3. The molecule has 4 rings (SSSR count). The van der Waals surface area contributed by atoms with Crippen LogP contribution in [-0.2, 0) is 10.0 Å². The quantitative estimate of drug-likeness (QED) is 0.334. The standard InChI is InChI=1S/C26H24ClN5O5S/c1-14-10-15(2)23(16(3)11-14)37-26-18(24(33)32-38(34,35)22-7-5-6-21(28)31-22)8-9-20(30-26)19-12-17(27)13-29-25(19)36-4/h5-13H,1-4H3,(H2,28,31)(H,32,33). The SMILES string of the molecule is COc1ncc(Cl)cc1-c1ccc(C(=O)NS(=O)(=O)c2cccc(N)n2)c(Oc2c(C)cc(C)cc2C)n1. The van der Waals surface area contributed by atoms with Crippen LogP contribution in [0.1, 0.15) is 27.0 Å². The molecule has 1 aromatic carbocycles. The van der Waals surface area contributed by atoms with Crippen LogP contribution in [0.25, 0.3) is 11.3 Å². The molecule has 0 atom stereocenters. The van der Waals surface area contributed by atoms with Gasteiger partial charge in [-0.15, -0.1) is 0 Å². The molecule has 0 aliphatic carbocycles. The number of carbonyl (C=O) groups excluding carboxylic acids is 1. The maximum Gasteiger partial charge on any atom is 0.281 e. The summed E-state index contributed by atoms with van der Waals surface area (Å²) in [6, 6.07) is 12.4. The monoisotopic (exact) mass is 553 g/mol. The molecule has 3 heterocycles. The van der Waals surface area contributed by atoms with Crippen molar-refractivity contribution < 1.29 is 22.7 Å². The third-order valence-electron chi connectivity index (χ3n) is 5.44. The number of benzene rings is 1. The fraction of sp³-hybridized carbons (Fsp3) is 0.154. The summed E-state index contributed by atoms with van der Waals surface area (Å²) < 4.78 is 39.2. The van der Waals surface area contributed by atoms with Crippen LogP contribution in [0.2, 0.25) is 5.02 Å². The van der Waals surface area contributed by atoms with Crippen LogP contribution < -0.4 is 19.9 Å². The van der Waals surface area contributed by atoms with Gasteiger partial charge in [0.2, 0.25) is 11.8 Å². The molecule has 196 valence electrons. The van der Waals surface area contributed by atoms with Gasteiger partial charge in [-0.05, 0) is 62.2 Å². The second-order valence-corrected chi connectivity index (χ2v) is 10.5. The first-order chi connectivity index (χ1) is 18.0. The third kappa shape index (κ3) is 5.68. The Labute approximate surface area is 224 Å². The number of ether oxygens (including phenoxy) is 2. The Morgan fingerprint density at radius 2 is 1.71 bits per heavy atom. The summed E-state index contributed by atoms with van der Waals surface area (Å²) in [6.07, 6.45) is 1.43. The highest BCUT2D eigenvalue weighted by Crippen LogP contribution is 2.35. The number of methoxy groups -OCH3 is 1. The number of nitrogens with two attached hydrogens (primary N) is 1. The minimum Gasteiger partial charge on any atom is -0.481 e. The van der Waals surface area contributed by atoms with Gasteiger partial charge in [0.05, 0.1) is 23.4 Å². The maximum absolute atomic E-state index is 13.3. The Balaban J connectivity index is 1.82. The lowest BCUT2D eigenvalue weighted by molar-refractivity contribution is 0.0978. The molecule has 0 saturated carbocycles. The molecule has 0 spiro atoms. The van der Waals surface area contributed by atoms with Gasteiger partial charge in [0, 0.05) is 6.20 Å². The van der Waals surface area contributed by atoms with Crippen LogP contribution in [0.15, 0.2) is 59.8 Å². The number of amides is 1. The summed E-state index contributed by atoms with van der Waals surface area (Å²) in [5.74, 6) is -0.381. The van der Waals surface area contributed by atoms with Crippen molar-refractivity contribution in [1.82, 2.24) is 19.7 Å². The highest BCUT2D eigenvalue weighted by atomic mass is 35.5. The minimum absolute atomic E-state index is 0.00948. The smallest absolute Gasteiger partial charge is 0.281 e. The summed E-state index contributed by atoms with van der Waals surface area (Å²) in [5, 5.41) is -0.0595. The first-order valence-corrected chi connectivity index (χ1v) is 13.1. The van der Waals surface area contributed by atoms with Crippen molar-refractivity contribution in [2.24, 2.45) is 0 Å². The molecule has 38 heavy (non-hydrogen) atoms. The summed E-state index contributed by atoms with van der Waals surface area (Å²) in [5.41, 5.74) is 8.91. The van der Waals surface area contributed by atoms with Gasteiger partial charge in [-0.1, -0.05) is 35.4 Å². The fourth-order valence-corrected chi connectivity index (χ4v) is 4.95. The molecule has 3 aromatic heterocycles. The summed E-state index contributed by atoms with van der Waals surface area (Å²) in [7, 11) is -2.89. The predicted octanol–water partition coefficient (Wildman–Crippen LogP) is 4.62. The highest BCUT2D eigenvalue weighted by Gasteiger charge is 2.25. The minimum atomic E-state index is -4.34. The topological polar surface area (TPSA) is 146 Å². The number of hydrogen-bond acceptors (Lipinski definition) is 9. The molecule has 0 radical (unpaired) electrons. The zero-order valence-corrected chi connectivity index (χ0v) is 22.5. The summed E-state index contributed by atoms with van der Waals surface area (Å²) in [4.78, 5) is 25.7. The molecule has 1 amide bonds. The average molecular weight is 554 g/mol. The highest BCUT2D eigenvalue weighted by molar-refractivity contribution is 7.90. The van der Waals surface area contributed by atoms with E-state index >= 15 is 0 Å². The third-order valence-corrected chi connectivity index (χ3v) is 6.88. The molecular weight excluding hydrogens is 530 g/mol. The van der Waals surface area contributed by atoms with Gasteiger partial charge in [-0.25, -0.2) is 19.7 Å². The van der Waals surface area contributed by atoms with Gasteiger partial charge >= 0.3 is 0 Å². The zero-order valence-electron chi connectivity index (χ0n) is 20.9. The van der Waals surface area contributed by atoms with E-state index in [1.54, 1.807) is 6.07 Å². The van der Waals surface area contributed by atoms with Gasteiger partial charge in [0.1, 0.15) is 17.1 Å². The number of anilines is 1. The summed E-state index contributed by atoms with van der Waals surface area (Å²) >= 11 is 6.15. The zero-order chi connectivity index (χ0) is 27.6. The molecule has 3 N–H and O–H groups in total. The number of carbonyl (C=O) groups is 1. The normalized spacial score (nSPS) is 11.2. The lowest BCUT2D eigenvalue weighted by atomic mass is 10.1. The molecule has 0 aliphatic heterocycles. The van der Waals surface area contributed by atoms with E-state index in [9.17, 15) is 13.2 Å². The van der Waals surface area contributed by atoms with Crippen LogP contribution in [0.3, 0.4) is 0 Å². The number of pyridine rings is 3. The number of nitrogens with zero attached hydrogens (tertiary/aromatic N) is 3. The van der Waals surface area contributed by atoms with Crippen molar-refractivity contribution in [3.8, 4) is 28.8 Å². The Hall–Kier alpha value is -4.22. The van der Waals surface area contributed by atoms with E-state index in [1.807, 2.05) is 37.6 Å². The van der Waals surface area contributed by atoms with Crippen molar-refractivity contribution in [1.29, 1.82) is 0 Å². The number of sulfonamides is 1. The van der Waals surface area contributed by atoms with Gasteiger partial charge < -0.3 is 15.2 Å². The summed E-state index contributed by atoms with van der Waals surface area (Å²) in [6.45, 7) is 5.67. The Morgan fingerprint density at radius 1 is 1.00 bits per heavy atom. The molecule has 0 aliphatic rings. The molecule has 0 unspecified atom stereocenters. The lowest BCUT2D eigenvalue weighted by Crippen LogP contribution is -2.31. The first kappa shape index (κ1) is 26.8. The number of nitrogen functional groups attached to an aromatic ring is 1. The number of aromatic nitrogens is 3. The Bertz CT molecular complexity index is 1640. The van der Waals surface area contributed by atoms with E-state index in [1.165, 1.54) is 43.6 Å². The van der Waals surface area contributed by atoms with Crippen molar-refractivity contribution in [2.45, 2.75) is 25.8 Å². The van der Waals surface area contributed by atoms with Crippen LogP contribution in [0.5, 0.6) is 17.5 Å². The van der Waals surface area contributed by atoms with Gasteiger partial charge in [-0.2, -0.15) is 8.42 Å². The van der Waals surface area contributed by atoms with Crippen molar-refractivity contribution in [3.63, 3.8) is 0 Å². The van der Waals surface area contributed by atoms with Gasteiger partial charge in [-0.3, -0.25) is 4.79 Å². The predicted molar refractivity (Wildman–Crippen MR) is 143 cm³/mol. The molecule has 0 fully saturated rings. The van der Waals surface area contributed by atoms with E-state index in [0.29, 0.717) is 22.0 Å².